The summed E-state index contributed by atoms with van der Waals surface area (Å²) in [7, 11) is 0. The van der Waals surface area contributed by atoms with Gasteiger partial charge in [0.2, 0.25) is 5.91 Å². The third-order valence-electron chi connectivity index (χ3n) is 3.35. The fraction of sp³-hybridized carbons (Fsp3) is 0.857. The fourth-order valence-corrected chi connectivity index (χ4v) is 2.24. The zero-order chi connectivity index (χ0) is 12.3. The number of amides is 1. The molecule has 1 fully saturated rings. The SMILES string of the molecule is [CH2]CCCCCNC(=O)CCN1CCCCC1. The number of nitrogens with zero attached hydrogens (tertiary/aromatic N) is 1. The van der Waals surface area contributed by atoms with Crippen LogP contribution in [0.5, 0.6) is 0 Å². The Bertz CT molecular complexity index is 200. The minimum absolute atomic E-state index is 0.213. The van der Waals surface area contributed by atoms with Gasteiger partial charge >= 0.3 is 0 Å². The maximum atomic E-state index is 11.6. The van der Waals surface area contributed by atoms with Gasteiger partial charge in [-0.05, 0) is 32.4 Å². The van der Waals surface area contributed by atoms with Crippen molar-refractivity contribution in [1.29, 1.82) is 0 Å². The lowest BCUT2D eigenvalue weighted by Crippen LogP contribution is -2.34. The normalized spacial score (nSPS) is 17.0. The van der Waals surface area contributed by atoms with Gasteiger partial charge in [0.05, 0.1) is 0 Å². The molecule has 1 radical (unpaired) electrons. The molecule has 0 aromatic heterocycles. The van der Waals surface area contributed by atoms with Gasteiger partial charge in [0, 0.05) is 19.5 Å². The predicted octanol–water partition coefficient (Wildman–Crippen LogP) is 2.37. The molecule has 0 unspecified atom stereocenters. The second kappa shape index (κ2) is 9.46. The van der Waals surface area contributed by atoms with Crippen molar-refractivity contribution < 1.29 is 4.79 Å². The van der Waals surface area contributed by atoms with Crippen molar-refractivity contribution >= 4 is 5.91 Å². The number of piperidine rings is 1. The summed E-state index contributed by atoms with van der Waals surface area (Å²) in [6.45, 7) is 7.93. The van der Waals surface area contributed by atoms with E-state index in [0.29, 0.717) is 6.42 Å². The molecule has 1 rings (SSSR count). The molecule has 1 N–H and O–H groups in total. The molecule has 3 nitrogen and oxygen atoms in total. The van der Waals surface area contributed by atoms with Crippen LogP contribution in [0.1, 0.15) is 51.4 Å². The van der Waals surface area contributed by atoms with Crippen molar-refractivity contribution in [3.8, 4) is 0 Å². The van der Waals surface area contributed by atoms with E-state index in [9.17, 15) is 4.79 Å². The Morgan fingerprint density at radius 2 is 1.88 bits per heavy atom. The van der Waals surface area contributed by atoms with Gasteiger partial charge in [0.1, 0.15) is 0 Å². The van der Waals surface area contributed by atoms with E-state index in [2.05, 4.69) is 17.1 Å². The number of hydrogen-bond acceptors (Lipinski definition) is 2. The molecule has 0 aromatic carbocycles. The van der Waals surface area contributed by atoms with Gasteiger partial charge in [0.25, 0.3) is 0 Å². The molecule has 1 saturated heterocycles. The largest absolute Gasteiger partial charge is 0.356 e. The lowest BCUT2D eigenvalue weighted by atomic mass is 10.1. The quantitative estimate of drug-likeness (QED) is 0.660. The molecule has 0 atom stereocenters. The van der Waals surface area contributed by atoms with E-state index in [1.165, 1.54) is 45.2 Å². The van der Waals surface area contributed by atoms with E-state index in [4.69, 9.17) is 0 Å². The Kier molecular flexibility index (Phi) is 8.06. The molecule has 0 saturated carbocycles. The van der Waals surface area contributed by atoms with Gasteiger partial charge in [-0.2, -0.15) is 0 Å². The number of carbonyl (C=O) groups excluding carboxylic acids is 1. The first-order valence-corrected chi connectivity index (χ1v) is 7.11. The Hall–Kier alpha value is -0.570. The smallest absolute Gasteiger partial charge is 0.221 e. The molecule has 3 heteroatoms. The minimum Gasteiger partial charge on any atom is -0.356 e. The summed E-state index contributed by atoms with van der Waals surface area (Å²) in [4.78, 5) is 14.0. The second-order valence-electron chi connectivity index (χ2n) is 4.92. The minimum atomic E-state index is 0.213. The summed E-state index contributed by atoms with van der Waals surface area (Å²) < 4.78 is 0. The maximum Gasteiger partial charge on any atom is 0.221 e. The molecule has 99 valence electrons. The van der Waals surface area contributed by atoms with Crippen molar-refractivity contribution in [2.75, 3.05) is 26.2 Å². The van der Waals surface area contributed by atoms with E-state index < -0.39 is 0 Å². The third-order valence-corrected chi connectivity index (χ3v) is 3.35. The standard InChI is InChI=1S/C14H27N2O/c1-2-3-4-6-10-15-14(17)9-13-16-11-7-5-8-12-16/h1-13H2,(H,15,17). The highest BCUT2D eigenvalue weighted by atomic mass is 16.1. The van der Waals surface area contributed by atoms with Crippen molar-refractivity contribution in [3.05, 3.63) is 6.92 Å². The summed E-state index contributed by atoms with van der Waals surface area (Å²) in [6.07, 6.45) is 9.05. The summed E-state index contributed by atoms with van der Waals surface area (Å²) in [5.74, 6) is 0.213. The van der Waals surface area contributed by atoms with Crippen molar-refractivity contribution in [2.24, 2.45) is 0 Å². The van der Waals surface area contributed by atoms with Crippen LogP contribution >= 0.6 is 0 Å². The van der Waals surface area contributed by atoms with E-state index >= 15 is 0 Å². The van der Waals surface area contributed by atoms with E-state index in [0.717, 1.165) is 25.9 Å². The predicted molar refractivity (Wildman–Crippen MR) is 71.7 cm³/mol. The molecule has 1 aliphatic heterocycles. The summed E-state index contributed by atoms with van der Waals surface area (Å²) in [5, 5.41) is 3.00. The van der Waals surface area contributed by atoms with Crippen LogP contribution in [0, 0.1) is 6.92 Å². The molecule has 0 aromatic rings. The summed E-state index contributed by atoms with van der Waals surface area (Å²) >= 11 is 0. The molecule has 0 aliphatic carbocycles. The van der Waals surface area contributed by atoms with E-state index in [-0.39, 0.29) is 5.91 Å². The van der Waals surface area contributed by atoms with Crippen molar-refractivity contribution in [3.63, 3.8) is 0 Å². The molecule has 17 heavy (non-hydrogen) atoms. The van der Waals surface area contributed by atoms with Crippen LogP contribution in [0.15, 0.2) is 0 Å². The Labute approximate surface area is 106 Å². The topological polar surface area (TPSA) is 32.3 Å². The molecule has 1 heterocycles. The number of nitrogens with one attached hydrogen (secondary N) is 1. The summed E-state index contributed by atoms with van der Waals surface area (Å²) in [5.41, 5.74) is 0. The molecular weight excluding hydrogens is 212 g/mol. The zero-order valence-electron chi connectivity index (χ0n) is 11.0. The van der Waals surface area contributed by atoms with Gasteiger partial charge in [0.15, 0.2) is 0 Å². The van der Waals surface area contributed by atoms with Crippen LogP contribution in [-0.2, 0) is 4.79 Å². The number of carbonyl (C=O) groups is 1. The van der Waals surface area contributed by atoms with Crippen LogP contribution in [0.25, 0.3) is 0 Å². The van der Waals surface area contributed by atoms with Crippen LogP contribution in [-0.4, -0.2) is 37.0 Å². The van der Waals surface area contributed by atoms with Crippen LogP contribution in [0.3, 0.4) is 0 Å². The average molecular weight is 239 g/mol. The highest BCUT2D eigenvalue weighted by Gasteiger charge is 2.11. The maximum absolute atomic E-state index is 11.6. The Morgan fingerprint density at radius 3 is 2.59 bits per heavy atom. The molecule has 0 bridgehead atoms. The van der Waals surface area contributed by atoms with E-state index in [1.54, 1.807) is 0 Å². The molecule has 1 amide bonds. The zero-order valence-corrected chi connectivity index (χ0v) is 11.0. The number of hydrogen-bond donors (Lipinski definition) is 1. The number of rotatable bonds is 8. The number of likely N-dealkylation sites (tertiary alicyclic amines) is 1. The first-order valence-electron chi connectivity index (χ1n) is 7.11. The first-order chi connectivity index (χ1) is 8.33. The van der Waals surface area contributed by atoms with Gasteiger partial charge in [-0.25, -0.2) is 0 Å². The van der Waals surface area contributed by atoms with Crippen LogP contribution in [0.4, 0.5) is 0 Å². The average Bonchev–Trinajstić information content (AvgIpc) is 2.37. The lowest BCUT2D eigenvalue weighted by Gasteiger charge is -2.25. The van der Waals surface area contributed by atoms with Crippen LogP contribution in [0.2, 0.25) is 0 Å². The lowest BCUT2D eigenvalue weighted by molar-refractivity contribution is -0.121. The Balaban J connectivity index is 1.93. The number of unbranched alkanes of at least 4 members (excludes halogenated alkanes) is 3. The molecule has 1 aliphatic rings. The van der Waals surface area contributed by atoms with Gasteiger partial charge in [-0.3, -0.25) is 4.79 Å². The Morgan fingerprint density at radius 1 is 1.12 bits per heavy atom. The van der Waals surface area contributed by atoms with Gasteiger partial charge in [-0.1, -0.05) is 32.6 Å². The summed E-state index contributed by atoms with van der Waals surface area (Å²) in [6, 6.07) is 0. The third kappa shape index (κ3) is 7.37. The van der Waals surface area contributed by atoms with Gasteiger partial charge in [-0.15, -0.1) is 0 Å². The highest BCUT2D eigenvalue weighted by Crippen LogP contribution is 2.08. The fourth-order valence-electron chi connectivity index (χ4n) is 2.24. The molecular formula is C14H27N2O. The van der Waals surface area contributed by atoms with Crippen molar-refractivity contribution in [1.82, 2.24) is 10.2 Å². The monoisotopic (exact) mass is 239 g/mol. The van der Waals surface area contributed by atoms with Crippen LogP contribution < -0.4 is 5.32 Å². The van der Waals surface area contributed by atoms with Gasteiger partial charge < -0.3 is 10.2 Å². The van der Waals surface area contributed by atoms with Crippen molar-refractivity contribution in [2.45, 2.75) is 51.4 Å². The highest BCUT2D eigenvalue weighted by molar-refractivity contribution is 5.75. The second-order valence-corrected chi connectivity index (χ2v) is 4.92. The van der Waals surface area contributed by atoms with E-state index in [1.807, 2.05) is 0 Å². The first kappa shape index (κ1) is 14.5. The molecule has 0 spiro atoms.